The molecule has 2 atom stereocenters. The van der Waals surface area contributed by atoms with Gasteiger partial charge < -0.3 is 5.11 Å². The van der Waals surface area contributed by atoms with E-state index >= 15 is 0 Å². The van der Waals surface area contributed by atoms with E-state index in [2.05, 4.69) is 10.2 Å². The summed E-state index contributed by atoms with van der Waals surface area (Å²) in [5.74, 6) is 0. The summed E-state index contributed by atoms with van der Waals surface area (Å²) in [6, 6.07) is 8.30. The van der Waals surface area contributed by atoms with Gasteiger partial charge in [-0.1, -0.05) is 35.9 Å². The Labute approximate surface area is 120 Å². The molecule has 0 saturated carbocycles. The average molecular weight is 315 g/mol. The van der Waals surface area contributed by atoms with Gasteiger partial charge in [0, 0.05) is 0 Å². The van der Waals surface area contributed by atoms with Crippen LogP contribution in [0.2, 0.25) is 0 Å². The first-order valence-electron chi connectivity index (χ1n) is 5.55. The minimum absolute atomic E-state index is 0.445. The molecular weight excluding hydrogens is 304 g/mol. The Morgan fingerprint density at radius 3 is 2.45 bits per heavy atom. The summed E-state index contributed by atoms with van der Waals surface area (Å²) >= 11 is 5.70. The maximum atomic E-state index is 11.1. The molecule has 6 nitrogen and oxygen atoms in total. The SMILES string of the molecule is O=S(=O)(O)C1(O)C=CC(/N=N/c2ccccc2)C=C1Cl. The first-order valence-corrected chi connectivity index (χ1v) is 7.37. The van der Waals surface area contributed by atoms with Crippen molar-refractivity contribution in [2.24, 2.45) is 10.2 Å². The van der Waals surface area contributed by atoms with Crippen LogP contribution in [0.25, 0.3) is 0 Å². The minimum atomic E-state index is -4.77. The number of rotatable bonds is 3. The fourth-order valence-corrected chi connectivity index (χ4v) is 2.59. The molecule has 0 amide bonds. The molecule has 1 aliphatic rings. The lowest BCUT2D eigenvalue weighted by Crippen LogP contribution is -2.38. The Hall–Kier alpha value is -1.54. The van der Waals surface area contributed by atoms with Crippen LogP contribution in [0.1, 0.15) is 0 Å². The van der Waals surface area contributed by atoms with Crippen LogP contribution in [-0.4, -0.2) is 29.1 Å². The highest BCUT2D eigenvalue weighted by Gasteiger charge is 2.43. The van der Waals surface area contributed by atoms with E-state index < -0.39 is 26.1 Å². The molecule has 1 aromatic rings. The van der Waals surface area contributed by atoms with Crippen LogP contribution in [0.4, 0.5) is 5.69 Å². The van der Waals surface area contributed by atoms with Gasteiger partial charge in [-0.3, -0.25) is 4.55 Å². The predicted octanol–water partition coefficient (Wildman–Crippen LogP) is 2.41. The first kappa shape index (κ1) is 14.9. The second kappa shape index (κ2) is 5.45. The maximum Gasteiger partial charge on any atom is 0.304 e. The van der Waals surface area contributed by atoms with Crippen LogP contribution in [0.15, 0.2) is 63.8 Å². The third kappa shape index (κ3) is 2.96. The van der Waals surface area contributed by atoms with Crippen molar-refractivity contribution in [1.82, 2.24) is 0 Å². The van der Waals surface area contributed by atoms with E-state index in [-0.39, 0.29) is 0 Å². The van der Waals surface area contributed by atoms with Crippen molar-refractivity contribution < 1.29 is 18.1 Å². The number of hydrogen-bond acceptors (Lipinski definition) is 5. The summed E-state index contributed by atoms with van der Waals surface area (Å²) in [6.45, 7) is 0. The molecule has 0 spiro atoms. The van der Waals surface area contributed by atoms with E-state index in [4.69, 9.17) is 16.2 Å². The zero-order valence-corrected chi connectivity index (χ0v) is 11.7. The van der Waals surface area contributed by atoms with E-state index in [9.17, 15) is 13.5 Å². The number of halogens is 1. The van der Waals surface area contributed by atoms with E-state index in [1.807, 2.05) is 6.07 Å². The Morgan fingerprint density at radius 1 is 1.25 bits per heavy atom. The Bertz CT molecular complexity index is 685. The summed E-state index contributed by atoms with van der Waals surface area (Å²) in [5, 5.41) is 17.2. The van der Waals surface area contributed by atoms with Crippen molar-refractivity contribution in [3.63, 3.8) is 0 Å². The lowest BCUT2D eigenvalue weighted by atomic mass is 10.1. The van der Waals surface area contributed by atoms with Gasteiger partial charge >= 0.3 is 10.1 Å². The van der Waals surface area contributed by atoms with Crippen LogP contribution in [0, 0.1) is 0 Å². The third-order valence-corrected chi connectivity index (χ3v) is 4.30. The highest BCUT2D eigenvalue weighted by Crippen LogP contribution is 2.32. The average Bonchev–Trinajstić information content (AvgIpc) is 2.40. The van der Waals surface area contributed by atoms with Crippen molar-refractivity contribution in [2.45, 2.75) is 11.0 Å². The van der Waals surface area contributed by atoms with Crippen LogP contribution in [0.5, 0.6) is 0 Å². The predicted molar refractivity (Wildman–Crippen MR) is 74.3 cm³/mol. The van der Waals surface area contributed by atoms with Gasteiger partial charge in [-0.2, -0.15) is 18.6 Å². The molecule has 106 valence electrons. The zero-order chi connectivity index (χ0) is 14.8. The number of azo groups is 1. The van der Waals surface area contributed by atoms with Gasteiger partial charge in [0.05, 0.1) is 10.7 Å². The number of hydrogen-bond donors (Lipinski definition) is 2. The summed E-state index contributed by atoms with van der Waals surface area (Å²) in [4.78, 5) is -2.62. The van der Waals surface area contributed by atoms with E-state index in [0.717, 1.165) is 6.08 Å². The molecule has 0 aliphatic heterocycles. The highest BCUT2D eigenvalue weighted by atomic mass is 35.5. The lowest BCUT2D eigenvalue weighted by molar-refractivity contribution is 0.201. The molecule has 1 aromatic carbocycles. The summed E-state index contributed by atoms with van der Waals surface area (Å²) in [7, 11) is -4.77. The van der Waals surface area contributed by atoms with Crippen LogP contribution < -0.4 is 0 Å². The molecule has 0 fully saturated rings. The molecule has 2 rings (SSSR count). The highest BCUT2D eigenvalue weighted by molar-refractivity contribution is 7.87. The van der Waals surface area contributed by atoms with E-state index in [0.29, 0.717) is 5.69 Å². The monoisotopic (exact) mass is 314 g/mol. The van der Waals surface area contributed by atoms with Gasteiger partial charge in [0.1, 0.15) is 6.04 Å². The molecule has 0 saturated heterocycles. The first-order chi connectivity index (χ1) is 9.33. The fourth-order valence-electron chi connectivity index (χ4n) is 1.54. The third-order valence-electron chi connectivity index (χ3n) is 2.63. The molecular formula is C12H11ClN2O4S. The quantitative estimate of drug-likeness (QED) is 0.508. The van der Waals surface area contributed by atoms with E-state index in [1.54, 1.807) is 24.3 Å². The van der Waals surface area contributed by atoms with Gasteiger partial charge in [-0.25, -0.2) is 0 Å². The van der Waals surface area contributed by atoms with Gasteiger partial charge in [-0.15, -0.1) is 0 Å². The second-order valence-electron chi connectivity index (χ2n) is 4.09. The summed E-state index contributed by atoms with van der Waals surface area (Å²) in [5.41, 5.74) is 0.626. The van der Waals surface area contributed by atoms with Crippen molar-refractivity contribution in [1.29, 1.82) is 0 Å². The number of benzene rings is 1. The minimum Gasteiger partial charge on any atom is -0.365 e. The Kier molecular flexibility index (Phi) is 4.05. The number of nitrogens with zero attached hydrogens (tertiary/aromatic N) is 2. The zero-order valence-electron chi connectivity index (χ0n) is 10.1. The Morgan fingerprint density at radius 2 is 1.90 bits per heavy atom. The normalized spacial score (nSPS) is 26.8. The maximum absolute atomic E-state index is 11.1. The van der Waals surface area contributed by atoms with Crippen LogP contribution >= 0.6 is 11.6 Å². The smallest absolute Gasteiger partial charge is 0.304 e. The largest absolute Gasteiger partial charge is 0.365 e. The molecule has 0 radical (unpaired) electrons. The standard InChI is InChI=1S/C12H11ClN2O4S/c13-11-8-10(6-7-12(11,16)20(17,18)19)15-14-9-4-2-1-3-5-9/h1-8,10,16H,(H,17,18,19)/b15-14+. The molecule has 2 unspecified atom stereocenters. The Balaban J connectivity index is 2.21. The fraction of sp³-hybridized carbons (Fsp3) is 0.167. The molecule has 0 aromatic heterocycles. The second-order valence-corrected chi connectivity index (χ2v) is 6.07. The number of aliphatic hydroxyl groups is 1. The van der Waals surface area contributed by atoms with E-state index in [1.165, 1.54) is 12.2 Å². The molecule has 2 N–H and O–H groups in total. The molecule has 1 aliphatic carbocycles. The van der Waals surface area contributed by atoms with Gasteiger partial charge in [0.15, 0.2) is 0 Å². The topological polar surface area (TPSA) is 99.3 Å². The lowest BCUT2D eigenvalue weighted by Gasteiger charge is -2.24. The van der Waals surface area contributed by atoms with Crippen molar-refractivity contribution >= 4 is 27.4 Å². The van der Waals surface area contributed by atoms with Crippen molar-refractivity contribution in [3.8, 4) is 0 Å². The van der Waals surface area contributed by atoms with Gasteiger partial charge in [-0.05, 0) is 24.3 Å². The molecule has 0 heterocycles. The summed E-state index contributed by atoms with van der Waals surface area (Å²) in [6.07, 6.45) is 3.35. The van der Waals surface area contributed by atoms with Gasteiger partial charge in [0.2, 0.25) is 4.93 Å². The van der Waals surface area contributed by atoms with Crippen LogP contribution in [0.3, 0.4) is 0 Å². The van der Waals surface area contributed by atoms with Crippen LogP contribution in [-0.2, 0) is 10.1 Å². The summed E-state index contributed by atoms with van der Waals surface area (Å²) < 4.78 is 31.1. The molecule has 8 heteroatoms. The van der Waals surface area contributed by atoms with Crippen molar-refractivity contribution in [3.05, 3.63) is 53.6 Å². The van der Waals surface area contributed by atoms with Crippen molar-refractivity contribution in [2.75, 3.05) is 0 Å². The molecule has 20 heavy (non-hydrogen) atoms. The van der Waals surface area contributed by atoms with Gasteiger partial charge in [0.25, 0.3) is 0 Å². The molecule has 0 bridgehead atoms.